The molecule has 2 heterocycles. The number of fused-ring (bicyclic) bond motifs is 1. The first-order valence-electron chi connectivity index (χ1n) is 8.32. The Morgan fingerprint density at radius 1 is 1.44 bits per heavy atom. The number of carbonyl (C=O) groups is 1. The van der Waals surface area contributed by atoms with E-state index in [-0.39, 0.29) is 24.1 Å². The molecular weight excluding hydrogens is 335 g/mol. The Hall–Kier alpha value is -2.25. The van der Waals surface area contributed by atoms with Crippen LogP contribution in [-0.4, -0.2) is 21.7 Å². The van der Waals surface area contributed by atoms with E-state index in [1.54, 1.807) is 12.3 Å². The minimum atomic E-state index is -4.48. The number of nitrogens with one attached hydrogen (secondary N) is 1. The summed E-state index contributed by atoms with van der Waals surface area (Å²) in [5.41, 5.74) is -0.0736. The molecular formula is C17H20F3N3O2. The standard InChI is InChI=1S/C17H20F3N3O2/c1-11(7-8-12-4-3-9-25-12)21-15(24)10-23-14-6-2-5-13(14)16(22-23)17(18,19)20/h3-4,9,11H,2,5-8,10H2,1H3,(H,21,24)/t11-/m0/s1. The number of aromatic nitrogens is 2. The van der Waals surface area contributed by atoms with Crippen LogP contribution in [0, 0.1) is 0 Å². The van der Waals surface area contributed by atoms with Crippen molar-refractivity contribution in [3.05, 3.63) is 41.1 Å². The predicted octanol–water partition coefficient (Wildman–Crippen LogP) is 3.12. The molecule has 2 aromatic rings. The molecule has 0 unspecified atom stereocenters. The fourth-order valence-corrected chi connectivity index (χ4v) is 3.21. The van der Waals surface area contributed by atoms with E-state index < -0.39 is 11.9 Å². The van der Waals surface area contributed by atoms with Gasteiger partial charge in [-0.05, 0) is 44.7 Å². The van der Waals surface area contributed by atoms with Gasteiger partial charge < -0.3 is 9.73 Å². The average Bonchev–Trinajstić information content (AvgIpc) is 3.22. The Morgan fingerprint density at radius 2 is 2.24 bits per heavy atom. The van der Waals surface area contributed by atoms with Crippen LogP contribution in [0.4, 0.5) is 13.2 Å². The summed E-state index contributed by atoms with van der Waals surface area (Å²) in [7, 11) is 0. The van der Waals surface area contributed by atoms with Gasteiger partial charge in [-0.15, -0.1) is 0 Å². The van der Waals surface area contributed by atoms with E-state index in [9.17, 15) is 18.0 Å². The molecule has 136 valence electrons. The third-order valence-corrected chi connectivity index (χ3v) is 4.38. The highest BCUT2D eigenvalue weighted by atomic mass is 19.4. The Kier molecular flexibility index (Phi) is 4.87. The molecule has 1 aliphatic rings. The normalized spacial score (nSPS) is 15.2. The first-order valence-corrected chi connectivity index (χ1v) is 8.32. The molecule has 25 heavy (non-hydrogen) atoms. The van der Waals surface area contributed by atoms with Crippen molar-refractivity contribution in [3.63, 3.8) is 0 Å². The fraction of sp³-hybridized carbons (Fsp3) is 0.529. The van der Waals surface area contributed by atoms with Crippen LogP contribution in [0.3, 0.4) is 0 Å². The molecule has 0 saturated carbocycles. The van der Waals surface area contributed by atoms with Gasteiger partial charge in [-0.2, -0.15) is 18.3 Å². The molecule has 5 nitrogen and oxygen atoms in total. The molecule has 3 rings (SSSR count). The Bertz CT molecular complexity index is 735. The van der Waals surface area contributed by atoms with Crippen LogP contribution >= 0.6 is 0 Å². The quantitative estimate of drug-likeness (QED) is 0.866. The lowest BCUT2D eigenvalue weighted by Gasteiger charge is -2.14. The van der Waals surface area contributed by atoms with E-state index in [1.807, 2.05) is 13.0 Å². The van der Waals surface area contributed by atoms with Crippen molar-refractivity contribution in [1.29, 1.82) is 0 Å². The van der Waals surface area contributed by atoms with Crippen molar-refractivity contribution < 1.29 is 22.4 Å². The maximum atomic E-state index is 13.1. The van der Waals surface area contributed by atoms with E-state index >= 15 is 0 Å². The van der Waals surface area contributed by atoms with Crippen molar-refractivity contribution in [2.75, 3.05) is 0 Å². The van der Waals surface area contributed by atoms with Crippen molar-refractivity contribution >= 4 is 5.91 Å². The van der Waals surface area contributed by atoms with Crippen molar-refractivity contribution in [3.8, 4) is 0 Å². The molecule has 1 aliphatic carbocycles. The number of alkyl halides is 3. The second-order valence-electron chi connectivity index (χ2n) is 6.37. The van der Waals surface area contributed by atoms with Gasteiger partial charge in [-0.1, -0.05) is 0 Å². The number of furan rings is 1. The lowest BCUT2D eigenvalue weighted by molar-refractivity contribution is -0.142. The van der Waals surface area contributed by atoms with Crippen molar-refractivity contribution in [2.45, 2.75) is 57.8 Å². The van der Waals surface area contributed by atoms with Gasteiger partial charge in [0, 0.05) is 23.7 Å². The molecule has 1 atom stereocenters. The summed E-state index contributed by atoms with van der Waals surface area (Å²) in [5.74, 6) is 0.499. The zero-order valence-electron chi connectivity index (χ0n) is 13.9. The highest BCUT2D eigenvalue weighted by Gasteiger charge is 2.40. The highest BCUT2D eigenvalue weighted by molar-refractivity contribution is 5.76. The summed E-state index contributed by atoms with van der Waals surface area (Å²) >= 11 is 0. The van der Waals surface area contributed by atoms with Crippen LogP contribution in [0.15, 0.2) is 22.8 Å². The number of aryl methyl sites for hydroxylation is 1. The molecule has 0 spiro atoms. The van der Waals surface area contributed by atoms with E-state index in [0.29, 0.717) is 37.8 Å². The molecule has 0 bridgehead atoms. The summed E-state index contributed by atoms with van der Waals surface area (Å²) in [5, 5.41) is 6.46. The molecule has 1 amide bonds. The van der Waals surface area contributed by atoms with Gasteiger partial charge in [-0.3, -0.25) is 9.48 Å². The van der Waals surface area contributed by atoms with E-state index in [0.717, 1.165) is 5.76 Å². The first kappa shape index (κ1) is 17.6. The Morgan fingerprint density at radius 3 is 2.92 bits per heavy atom. The number of nitrogens with zero attached hydrogens (tertiary/aromatic N) is 2. The summed E-state index contributed by atoms with van der Waals surface area (Å²) in [6.45, 7) is 1.67. The predicted molar refractivity (Wildman–Crippen MR) is 83.9 cm³/mol. The number of hydrogen-bond acceptors (Lipinski definition) is 3. The van der Waals surface area contributed by atoms with Gasteiger partial charge >= 0.3 is 6.18 Å². The van der Waals surface area contributed by atoms with Gasteiger partial charge in [0.1, 0.15) is 12.3 Å². The molecule has 1 N–H and O–H groups in total. The van der Waals surface area contributed by atoms with E-state index in [1.165, 1.54) is 4.68 Å². The molecule has 0 saturated heterocycles. The smallest absolute Gasteiger partial charge is 0.435 e. The van der Waals surface area contributed by atoms with Crippen LogP contribution in [0.25, 0.3) is 0 Å². The first-order chi connectivity index (χ1) is 11.8. The van der Waals surface area contributed by atoms with Gasteiger partial charge in [-0.25, -0.2) is 0 Å². The maximum absolute atomic E-state index is 13.1. The highest BCUT2D eigenvalue weighted by Crippen LogP contribution is 2.36. The lowest BCUT2D eigenvalue weighted by Crippen LogP contribution is -2.36. The number of carbonyl (C=O) groups excluding carboxylic acids is 1. The largest absolute Gasteiger partial charge is 0.469 e. The number of rotatable bonds is 6. The summed E-state index contributed by atoms with van der Waals surface area (Å²) < 4.78 is 45.6. The lowest BCUT2D eigenvalue weighted by atomic mass is 10.1. The van der Waals surface area contributed by atoms with Crippen LogP contribution in [-0.2, 0) is 36.8 Å². The third kappa shape index (κ3) is 4.05. The summed E-state index contributed by atoms with van der Waals surface area (Å²) in [4.78, 5) is 12.2. The maximum Gasteiger partial charge on any atom is 0.435 e. The minimum Gasteiger partial charge on any atom is -0.469 e. The van der Waals surface area contributed by atoms with E-state index in [4.69, 9.17) is 4.42 Å². The van der Waals surface area contributed by atoms with Gasteiger partial charge in [0.05, 0.1) is 6.26 Å². The van der Waals surface area contributed by atoms with E-state index in [2.05, 4.69) is 10.4 Å². The van der Waals surface area contributed by atoms with Gasteiger partial charge in [0.25, 0.3) is 0 Å². The monoisotopic (exact) mass is 355 g/mol. The fourth-order valence-electron chi connectivity index (χ4n) is 3.21. The van der Waals surface area contributed by atoms with Crippen LogP contribution < -0.4 is 5.32 Å². The van der Waals surface area contributed by atoms with Crippen LogP contribution in [0.5, 0.6) is 0 Å². The molecule has 2 aromatic heterocycles. The molecule has 0 fully saturated rings. The second-order valence-corrected chi connectivity index (χ2v) is 6.37. The Balaban J connectivity index is 1.59. The zero-order valence-corrected chi connectivity index (χ0v) is 13.9. The van der Waals surface area contributed by atoms with Crippen LogP contribution in [0.2, 0.25) is 0 Å². The molecule has 0 aliphatic heterocycles. The second kappa shape index (κ2) is 6.93. The average molecular weight is 355 g/mol. The van der Waals surface area contributed by atoms with Crippen molar-refractivity contribution in [1.82, 2.24) is 15.1 Å². The molecule has 0 aromatic carbocycles. The van der Waals surface area contributed by atoms with Gasteiger partial charge in [0.15, 0.2) is 5.69 Å². The number of hydrogen-bond donors (Lipinski definition) is 1. The van der Waals surface area contributed by atoms with Gasteiger partial charge in [0.2, 0.25) is 5.91 Å². The zero-order chi connectivity index (χ0) is 18.0. The molecule has 0 radical (unpaired) electrons. The Labute approximate surface area is 143 Å². The number of amides is 1. The van der Waals surface area contributed by atoms with Crippen molar-refractivity contribution in [2.24, 2.45) is 0 Å². The summed E-state index contributed by atoms with van der Waals surface area (Å²) in [6, 6.07) is 3.55. The minimum absolute atomic E-state index is 0.108. The van der Waals surface area contributed by atoms with Crippen LogP contribution in [0.1, 0.15) is 42.5 Å². The number of halogens is 3. The SMILES string of the molecule is C[C@@H](CCc1ccco1)NC(=O)Cn1nc(C(F)(F)F)c2c1CCC2. The topological polar surface area (TPSA) is 60.1 Å². The summed E-state index contributed by atoms with van der Waals surface area (Å²) in [6.07, 6.45) is 0.0399. The third-order valence-electron chi connectivity index (χ3n) is 4.38. The molecule has 8 heteroatoms.